The smallest absolute Gasteiger partial charge is 0.246 e. The molecule has 4 heterocycles. The highest BCUT2D eigenvalue weighted by Crippen LogP contribution is 2.37. The van der Waals surface area contributed by atoms with Gasteiger partial charge in [-0.1, -0.05) is 88.7 Å². The summed E-state index contributed by atoms with van der Waals surface area (Å²) in [7, 11) is 0. The molecule has 2 saturated heterocycles. The second-order valence-electron chi connectivity index (χ2n) is 20.6. The van der Waals surface area contributed by atoms with Crippen LogP contribution in [0.3, 0.4) is 0 Å². The molecule has 3 N–H and O–H groups in total. The van der Waals surface area contributed by atoms with E-state index in [9.17, 15) is 19.5 Å². The summed E-state index contributed by atoms with van der Waals surface area (Å²) in [4.78, 5) is 65.0. The fourth-order valence-electron chi connectivity index (χ4n) is 9.10. The summed E-state index contributed by atoms with van der Waals surface area (Å²) in [5, 5.41) is 17.0. The van der Waals surface area contributed by atoms with Crippen LogP contribution >= 0.6 is 22.9 Å². The van der Waals surface area contributed by atoms with Crippen molar-refractivity contribution >= 4 is 52.3 Å². The lowest BCUT2D eigenvalue weighted by atomic mass is 9.78. The fraction of sp³-hybridized carbons (Fsp3) is 0.482. The number of hydrogen-bond donors (Lipinski definition) is 3. The topological polar surface area (TPSA) is 185 Å². The third kappa shape index (κ3) is 15.5. The van der Waals surface area contributed by atoms with Crippen molar-refractivity contribution in [2.45, 2.75) is 91.1 Å². The number of anilines is 1. The molecule has 19 heteroatoms. The number of thiazole rings is 1. The molecule has 2 aliphatic rings. The number of carbonyl (C=O) groups is 3. The number of halogens is 1. The molecule has 0 radical (unpaired) electrons. The first kappa shape index (κ1) is 56.7. The van der Waals surface area contributed by atoms with Gasteiger partial charge in [0.25, 0.3) is 0 Å². The molecular formula is C56H70ClN9O8S. The van der Waals surface area contributed by atoms with Gasteiger partial charge >= 0.3 is 0 Å². The lowest BCUT2D eigenvalue weighted by Crippen LogP contribution is -2.58. The van der Waals surface area contributed by atoms with Crippen LogP contribution in [0.25, 0.3) is 15.3 Å². The quantitative estimate of drug-likeness (QED) is 0.0431. The number of aliphatic hydroxyl groups excluding tert-OH is 1. The maximum atomic E-state index is 14.1. The van der Waals surface area contributed by atoms with Crippen molar-refractivity contribution in [1.29, 1.82) is 0 Å². The number of rotatable bonds is 23. The maximum absolute atomic E-state index is 14.1. The van der Waals surface area contributed by atoms with Crippen LogP contribution in [0.4, 0.5) is 11.6 Å². The number of carbonyl (C=O) groups excluding carboxylic acids is 3. The highest BCUT2D eigenvalue weighted by molar-refractivity contribution is 7.13. The highest BCUT2D eigenvalue weighted by atomic mass is 35.5. The number of piperazine rings is 1. The highest BCUT2D eigenvalue weighted by Gasteiger charge is 2.45. The van der Waals surface area contributed by atoms with E-state index in [0.29, 0.717) is 43.1 Å². The number of nitrogens with one attached hydrogen (secondary N) is 2. The first-order chi connectivity index (χ1) is 35.9. The standard InChI is InChI=1S/C56H70ClN9O8S/c1-37(39-9-11-40(12-10-39)50-38(2)60-36-75-50)61-52(69)48-32-46(67)33-66(48)53(70)51(55(3,4)5)63-49(68)35-73-28-27-72-26-25-71-24-23-64-19-21-65(22-20-64)54-59-18-17-44(62-54)34-74-47-15-13-41(14-16-47)56(6,7)42-29-43(57)31-45(30-42)58-8/h9-18,29-31,36-37,46,48,51,67H,19-28,32-35H2,1-7H3,(H,61,69)(H,63,68)/t37-,46+,48-,51+/m0/s1. The third-order valence-corrected chi connectivity index (χ3v) is 14.8. The van der Waals surface area contributed by atoms with E-state index in [1.165, 1.54) is 4.90 Å². The van der Waals surface area contributed by atoms with Gasteiger partial charge in [0.1, 0.15) is 31.0 Å². The average Bonchev–Trinajstić information content (AvgIpc) is 4.02. The van der Waals surface area contributed by atoms with E-state index in [4.69, 9.17) is 42.1 Å². The number of aromatic nitrogens is 3. The SMILES string of the molecule is [C-]#[N+]c1cc(Cl)cc(C(C)(C)c2ccc(OCc3ccnc(N4CCN(CCOCCOCCOCC(=O)N[C@H](C(=O)N5C[C@H](O)C[C@H]5C(=O)N[C@@H](C)c5ccc(-c6scnc6C)cc5)C(C)(C)C)CC4)n3)cc2)c1. The van der Waals surface area contributed by atoms with Crippen LogP contribution in [0.1, 0.15) is 82.1 Å². The summed E-state index contributed by atoms with van der Waals surface area (Å²) in [5.41, 5.74) is 7.02. The summed E-state index contributed by atoms with van der Waals surface area (Å²) < 4.78 is 23.2. The summed E-state index contributed by atoms with van der Waals surface area (Å²) in [6, 6.07) is 21.0. The molecule has 0 spiro atoms. The van der Waals surface area contributed by atoms with Crippen LogP contribution in [0, 0.1) is 18.9 Å². The van der Waals surface area contributed by atoms with E-state index in [1.807, 2.05) is 107 Å². The fourth-order valence-corrected chi connectivity index (χ4v) is 10.1. The van der Waals surface area contributed by atoms with Gasteiger partial charge < -0.3 is 44.5 Å². The zero-order valence-electron chi connectivity index (χ0n) is 44.0. The zero-order valence-corrected chi connectivity index (χ0v) is 45.6. The molecule has 2 aliphatic heterocycles. The van der Waals surface area contributed by atoms with E-state index in [0.717, 1.165) is 77.0 Å². The Kier molecular flexibility index (Phi) is 19.8. The van der Waals surface area contributed by atoms with Crippen LogP contribution in [0.5, 0.6) is 5.75 Å². The predicted molar refractivity (Wildman–Crippen MR) is 290 cm³/mol. The largest absolute Gasteiger partial charge is 0.487 e. The normalized spacial score (nSPS) is 17.1. The minimum atomic E-state index is -0.968. The van der Waals surface area contributed by atoms with Gasteiger partial charge in [-0.05, 0) is 71.8 Å². The Labute approximate surface area is 449 Å². The average molecular weight is 1060 g/mol. The molecule has 4 atom stereocenters. The van der Waals surface area contributed by atoms with Crippen molar-refractivity contribution in [2.75, 3.05) is 83.8 Å². The first-order valence-electron chi connectivity index (χ1n) is 25.4. The Bertz CT molecular complexity index is 2740. The number of aryl methyl sites for hydroxylation is 1. The molecule has 0 unspecified atom stereocenters. The van der Waals surface area contributed by atoms with E-state index in [1.54, 1.807) is 23.6 Å². The van der Waals surface area contributed by atoms with E-state index >= 15 is 0 Å². The molecule has 17 nitrogen and oxygen atoms in total. The number of benzene rings is 3. The molecule has 7 rings (SSSR count). The molecule has 400 valence electrons. The van der Waals surface area contributed by atoms with E-state index in [-0.39, 0.29) is 50.2 Å². The van der Waals surface area contributed by atoms with Crippen molar-refractivity contribution in [3.63, 3.8) is 0 Å². The second-order valence-corrected chi connectivity index (χ2v) is 21.9. The van der Waals surface area contributed by atoms with Gasteiger partial charge in [-0.15, -0.1) is 11.3 Å². The number of likely N-dealkylation sites (tertiary alicyclic amines) is 1. The molecule has 0 saturated carbocycles. The summed E-state index contributed by atoms with van der Waals surface area (Å²) in [6.45, 7) is 26.8. The van der Waals surface area contributed by atoms with Crippen molar-refractivity contribution in [3.8, 4) is 16.2 Å². The molecule has 75 heavy (non-hydrogen) atoms. The minimum Gasteiger partial charge on any atom is -0.487 e. The Morgan fingerprint density at radius 1 is 0.880 bits per heavy atom. The van der Waals surface area contributed by atoms with E-state index in [2.05, 4.69) is 49.1 Å². The number of β-amino-alcohol motifs (C(OH)–C–C–N with tert-alkyl or cyclic N) is 1. The predicted octanol–water partition coefficient (Wildman–Crippen LogP) is 7.56. The Morgan fingerprint density at radius 2 is 1.57 bits per heavy atom. The number of nitrogens with zero attached hydrogens (tertiary/aromatic N) is 7. The molecule has 2 fully saturated rings. The lowest BCUT2D eigenvalue weighted by molar-refractivity contribution is -0.144. The number of aliphatic hydroxyl groups is 1. The van der Waals surface area contributed by atoms with Gasteiger partial charge in [0.05, 0.1) is 73.5 Å². The van der Waals surface area contributed by atoms with Gasteiger partial charge in [-0.25, -0.2) is 19.8 Å². The molecule has 3 amide bonds. The molecule has 5 aromatic rings. The first-order valence-corrected chi connectivity index (χ1v) is 26.7. The molecular weight excluding hydrogens is 994 g/mol. The Balaban J connectivity index is 0.745. The molecule has 0 aliphatic carbocycles. The Morgan fingerprint density at radius 3 is 2.24 bits per heavy atom. The number of ether oxygens (including phenoxy) is 4. The van der Waals surface area contributed by atoms with Crippen LogP contribution in [0.2, 0.25) is 5.02 Å². The van der Waals surface area contributed by atoms with Crippen LogP contribution < -0.4 is 20.3 Å². The van der Waals surface area contributed by atoms with Gasteiger partial charge in [0.15, 0.2) is 5.69 Å². The van der Waals surface area contributed by atoms with Crippen molar-refractivity contribution in [1.82, 2.24) is 35.4 Å². The monoisotopic (exact) mass is 1060 g/mol. The Hall–Kier alpha value is -6.04. The third-order valence-electron chi connectivity index (χ3n) is 13.6. The molecule has 2 aromatic heterocycles. The van der Waals surface area contributed by atoms with E-state index < -0.39 is 35.4 Å². The zero-order chi connectivity index (χ0) is 53.7. The van der Waals surface area contributed by atoms with Crippen LogP contribution in [0.15, 0.2) is 84.5 Å². The van der Waals surface area contributed by atoms with Gasteiger partial charge in [0, 0.05) is 62.3 Å². The summed E-state index contributed by atoms with van der Waals surface area (Å²) in [6.07, 6.45) is 0.982. The second kappa shape index (κ2) is 26.1. The van der Waals surface area contributed by atoms with Gasteiger partial charge in [-0.2, -0.15) is 0 Å². The number of amides is 3. The number of hydrogen-bond acceptors (Lipinski definition) is 14. The van der Waals surface area contributed by atoms with Crippen LogP contribution in [-0.4, -0.2) is 145 Å². The van der Waals surface area contributed by atoms with Crippen molar-refractivity contribution in [2.24, 2.45) is 5.41 Å². The van der Waals surface area contributed by atoms with Gasteiger partial charge in [0.2, 0.25) is 23.7 Å². The minimum absolute atomic E-state index is 0.0189. The van der Waals surface area contributed by atoms with Crippen molar-refractivity contribution < 1.29 is 38.4 Å². The molecule has 3 aromatic carbocycles. The summed E-state index contributed by atoms with van der Waals surface area (Å²) in [5.74, 6) is 0.121. The molecule has 0 bridgehead atoms. The van der Waals surface area contributed by atoms with Gasteiger partial charge in [-0.3, -0.25) is 19.3 Å². The lowest BCUT2D eigenvalue weighted by Gasteiger charge is -2.35. The maximum Gasteiger partial charge on any atom is 0.246 e. The van der Waals surface area contributed by atoms with Crippen molar-refractivity contribution in [3.05, 3.63) is 129 Å². The summed E-state index contributed by atoms with van der Waals surface area (Å²) >= 11 is 7.88. The van der Waals surface area contributed by atoms with Crippen LogP contribution in [-0.2, 0) is 40.6 Å².